The van der Waals surface area contributed by atoms with Gasteiger partial charge in [0.15, 0.2) is 0 Å². The molecule has 108 valence electrons. The summed E-state index contributed by atoms with van der Waals surface area (Å²) in [7, 11) is 0. The van der Waals surface area contributed by atoms with E-state index < -0.39 is 0 Å². The first kappa shape index (κ1) is 14.3. The van der Waals surface area contributed by atoms with Gasteiger partial charge in [0.2, 0.25) is 0 Å². The first-order valence-corrected chi connectivity index (χ1v) is 8.05. The fraction of sp³-hybridized carbons (Fsp3) is 0.278. The molecule has 2 aromatic carbocycles. The van der Waals surface area contributed by atoms with Gasteiger partial charge in [0.25, 0.3) is 0 Å². The van der Waals surface area contributed by atoms with Crippen LogP contribution < -0.4 is 4.74 Å². The van der Waals surface area contributed by atoms with Crippen molar-refractivity contribution in [1.29, 1.82) is 0 Å². The number of aryl methyl sites for hydroxylation is 2. The van der Waals surface area contributed by atoms with Crippen molar-refractivity contribution >= 4 is 22.2 Å². The molecule has 21 heavy (non-hydrogen) atoms. The highest BCUT2D eigenvalue weighted by molar-refractivity contribution is 9.10. The highest BCUT2D eigenvalue weighted by Crippen LogP contribution is 2.46. The van der Waals surface area contributed by atoms with Gasteiger partial charge in [0, 0.05) is 15.6 Å². The van der Waals surface area contributed by atoms with Gasteiger partial charge in [-0.3, -0.25) is 0 Å². The number of hydrogen-bond acceptors (Lipinski definition) is 2. The first-order valence-electron chi connectivity index (χ1n) is 7.26. The summed E-state index contributed by atoms with van der Waals surface area (Å²) in [4.78, 5) is 11.7. The predicted molar refractivity (Wildman–Crippen MR) is 87.3 cm³/mol. The van der Waals surface area contributed by atoms with Crippen molar-refractivity contribution in [3.8, 4) is 11.5 Å². The van der Waals surface area contributed by atoms with Crippen LogP contribution in [0.3, 0.4) is 0 Å². The van der Waals surface area contributed by atoms with Crippen molar-refractivity contribution in [3.05, 3.63) is 57.1 Å². The van der Waals surface area contributed by atoms with Gasteiger partial charge in [-0.05, 0) is 42.2 Å². The number of aldehydes is 1. The van der Waals surface area contributed by atoms with Crippen molar-refractivity contribution in [1.82, 2.24) is 0 Å². The Labute approximate surface area is 133 Å². The number of benzene rings is 2. The molecule has 2 aromatic rings. The molecule has 1 heterocycles. The van der Waals surface area contributed by atoms with E-state index in [1.165, 1.54) is 11.1 Å². The molecule has 0 fully saturated rings. The van der Waals surface area contributed by atoms with E-state index in [9.17, 15) is 4.79 Å². The lowest BCUT2D eigenvalue weighted by molar-refractivity contribution is -0.108. The molecule has 0 spiro atoms. The van der Waals surface area contributed by atoms with Crippen LogP contribution >= 0.6 is 15.9 Å². The molecule has 1 aliphatic rings. The summed E-state index contributed by atoms with van der Waals surface area (Å²) in [6.45, 7) is 4.25. The van der Waals surface area contributed by atoms with Crippen LogP contribution in [-0.4, -0.2) is 6.29 Å². The molecule has 0 aromatic heterocycles. The Morgan fingerprint density at radius 3 is 2.62 bits per heavy atom. The van der Waals surface area contributed by atoms with E-state index >= 15 is 0 Å². The third-order valence-electron chi connectivity index (χ3n) is 4.03. The molecule has 2 nitrogen and oxygen atoms in total. The summed E-state index contributed by atoms with van der Waals surface area (Å²) < 4.78 is 7.07. The molecule has 0 bridgehead atoms. The maximum absolute atomic E-state index is 11.7. The minimum atomic E-state index is -0.252. The molecule has 1 atom stereocenters. The summed E-state index contributed by atoms with van der Waals surface area (Å²) >= 11 is 3.47. The predicted octanol–water partition coefficient (Wildman–Crippen LogP) is 5.01. The molecule has 1 unspecified atom stereocenters. The fourth-order valence-corrected chi connectivity index (χ4v) is 3.26. The van der Waals surface area contributed by atoms with Crippen molar-refractivity contribution in [3.63, 3.8) is 0 Å². The summed E-state index contributed by atoms with van der Waals surface area (Å²) in [5.74, 6) is 1.39. The largest absolute Gasteiger partial charge is 0.456 e. The molecule has 3 heteroatoms. The highest BCUT2D eigenvalue weighted by atomic mass is 79.9. The number of fused-ring (bicyclic) bond motifs is 2. The van der Waals surface area contributed by atoms with E-state index in [1.54, 1.807) is 0 Å². The van der Waals surface area contributed by atoms with Crippen LogP contribution in [0.5, 0.6) is 11.5 Å². The number of carbonyl (C=O) groups excluding carboxylic acids is 1. The van der Waals surface area contributed by atoms with Crippen molar-refractivity contribution in [2.45, 2.75) is 32.6 Å². The topological polar surface area (TPSA) is 26.3 Å². The minimum absolute atomic E-state index is 0.252. The molecule has 0 aliphatic carbocycles. The molecule has 0 radical (unpaired) electrons. The summed E-state index contributed by atoms with van der Waals surface area (Å²) in [5, 5.41) is 0. The number of ether oxygens (including phenoxy) is 1. The minimum Gasteiger partial charge on any atom is -0.456 e. The highest BCUT2D eigenvalue weighted by Gasteiger charge is 2.29. The Morgan fingerprint density at radius 1 is 1.14 bits per heavy atom. The summed E-state index contributed by atoms with van der Waals surface area (Å²) in [6.07, 6.45) is 2.87. The zero-order chi connectivity index (χ0) is 15.0. The summed E-state index contributed by atoms with van der Waals surface area (Å²) in [5.41, 5.74) is 4.35. The molecule has 1 aliphatic heterocycles. The van der Waals surface area contributed by atoms with E-state index in [2.05, 4.69) is 41.9 Å². The number of halogens is 1. The molecule has 0 amide bonds. The lowest BCUT2D eigenvalue weighted by Gasteiger charge is -2.27. The Morgan fingerprint density at radius 2 is 1.95 bits per heavy atom. The second-order valence-corrected chi connectivity index (χ2v) is 6.19. The average Bonchev–Trinajstić information content (AvgIpc) is 2.51. The second-order valence-electron chi connectivity index (χ2n) is 5.28. The number of rotatable bonds is 3. The maximum Gasteiger partial charge on any atom is 0.134 e. The molecular formula is C18H17BrO2. The monoisotopic (exact) mass is 344 g/mol. The third kappa shape index (κ3) is 2.40. The van der Waals surface area contributed by atoms with E-state index in [0.717, 1.165) is 46.2 Å². The van der Waals surface area contributed by atoms with Gasteiger partial charge >= 0.3 is 0 Å². The molecule has 0 saturated carbocycles. The zero-order valence-electron chi connectivity index (χ0n) is 12.2. The van der Waals surface area contributed by atoms with Crippen LogP contribution in [0.4, 0.5) is 0 Å². The van der Waals surface area contributed by atoms with Crippen LogP contribution in [0.15, 0.2) is 34.8 Å². The van der Waals surface area contributed by atoms with Gasteiger partial charge in [-0.15, -0.1) is 0 Å². The van der Waals surface area contributed by atoms with Gasteiger partial charge in [0.1, 0.15) is 17.8 Å². The fourth-order valence-electron chi connectivity index (χ4n) is 2.88. The smallest absolute Gasteiger partial charge is 0.134 e. The molecule has 0 saturated heterocycles. The molecule has 3 rings (SSSR count). The molecular weight excluding hydrogens is 328 g/mol. The van der Waals surface area contributed by atoms with Gasteiger partial charge in [-0.25, -0.2) is 0 Å². The Bertz CT molecular complexity index is 707. The lowest BCUT2D eigenvalue weighted by atomic mass is 9.86. The van der Waals surface area contributed by atoms with E-state index in [1.807, 2.05) is 18.2 Å². The normalized spacial score (nSPS) is 15.9. The van der Waals surface area contributed by atoms with Gasteiger partial charge in [-0.2, -0.15) is 0 Å². The molecule has 0 N–H and O–H groups in total. The second kappa shape index (κ2) is 5.64. The van der Waals surface area contributed by atoms with E-state index in [-0.39, 0.29) is 5.92 Å². The van der Waals surface area contributed by atoms with Crippen LogP contribution in [-0.2, 0) is 17.6 Å². The quantitative estimate of drug-likeness (QED) is 0.731. The Kier molecular flexibility index (Phi) is 3.85. The van der Waals surface area contributed by atoms with Crippen molar-refractivity contribution < 1.29 is 9.53 Å². The standard InChI is InChI=1S/C18H17BrO2/c1-3-11-7-12(4-2)18-15(8-11)16(10-20)14-9-13(19)5-6-17(14)21-18/h5-10,16H,3-4H2,1-2H3. The van der Waals surface area contributed by atoms with Crippen molar-refractivity contribution in [2.75, 3.05) is 0 Å². The number of hydrogen-bond donors (Lipinski definition) is 0. The van der Waals surface area contributed by atoms with Crippen LogP contribution in [0.25, 0.3) is 0 Å². The van der Waals surface area contributed by atoms with E-state index in [4.69, 9.17) is 4.74 Å². The summed E-state index contributed by atoms with van der Waals surface area (Å²) in [6, 6.07) is 10.1. The van der Waals surface area contributed by atoms with Crippen LogP contribution in [0, 0.1) is 0 Å². The zero-order valence-corrected chi connectivity index (χ0v) is 13.7. The third-order valence-corrected chi connectivity index (χ3v) is 4.53. The Hall–Kier alpha value is -1.61. The van der Waals surface area contributed by atoms with Crippen LogP contribution in [0.2, 0.25) is 0 Å². The van der Waals surface area contributed by atoms with Gasteiger partial charge in [-0.1, -0.05) is 41.9 Å². The maximum atomic E-state index is 11.7. The number of carbonyl (C=O) groups is 1. The van der Waals surface area contributed by atoms with Gasteiger partial charge in [0.05, 0.1) is 5.92 Å². The van der Waals surface area contributed by atoms with Crippen molar-refractivity contribution in [2.24, 2.45) is 0 Å². The first-order chi connectivity index (χ1) is 10.2. The van der Waals surface area contributed by atoms with Crippen LogP contribution in [0.1, 0.15) is 42.0 Å². The average molecular weight is 345 g/mol. The van der Waals surface area contributed by atoms with E-state index in [0.29, 0.717) is 0 Å². The van der Waals surface area contributed by atoms with Gasteiger partial charge < -0.3 is 9.53 Å². The lowest BCUT2D eigenvalue weighted by Crippen LogP contribution is -2.13. The Balaban J connectivity index is 2.24. The SMILES string of the molecule is CCc1cc(CC)c2c(c1)C(C=O)c1cc(Br)ccc1O2.